The van der Waals surface area contributed by atoms with E-state index in [9.17, 15) is 0 Å². The van der Waals surface area contributed by atoms with Gasteiger partial charge >= 0.3 is 0 Å². The highest BCUT2D eigenvalue weighted by molar-refractivity contribution is 5.43. The first-order valence-electron chi connectivity index (χ1n) is 7.59. The van der Waals surface area contributed by atoms with Gasteiger partial charge in [0, 0.05) is 25.8 Å². The third-order valence-corrected chi connectivity index (χ3v) is 4.61. The molecule has 2 nitrogen and oxygen atoms in total. The number of benzene rings is 1. The zero-order valence-corrected chi connectivity index (χ0v) is 12.6. The molecule has 19 heavy (non-hydrogen) atoms. The lowest BCUT2D eigenvalue weighted by Gasteiger charge is -2.32. The number of nitrogens with one attached hydrogen (secondary N) is 2. The molecule has 0 radical (unpaired) electrons. The molecule has 0 heterocycles. The summed E-state index contributed by atoms with van der Waals surface area (Å²) in [7, 11) is 1.96. The average molecular weight is 260 g/mol. The van der Waals surface area contributed by atoms with Crippen molar-refractivity contribution >= 4 is 5.69 Å². The molecule has 1 saturated carbocycles. The molecule has 1 aromatic carbocycles. The first-order valence-corrected chi connectivity index (χ1v) is 7.59. The summed E-state index contributed by atoms with van der Waals surface area (Å²) in [6.45, 7) is 6.92. The fourth-order valence-electron chi connectivity index (χ4n) is 3.17. The Morgan fingerprint density at radius 3 is 2.32 bits per heavy atom. The summed E-state index contributed by atoms with van der Waals surface area (Å²) in [5, 5.41) is 6.79. The molecule has 0 bridgehead atoms. The Labute approximate surface area is 118 Å². The average Bonchev–Trinajstić information content (AvgIpc) is 2.94. The lowest BCUT2D eigenvalue weighted by molar-refractivity contribution is 0.208. The number of rotatable bonds is 6. The van der Waals surface area contributed by atoms with E-state index >= 15 is 0 Å². The third-order valence-electron chi connectivity index (χ3n) is 4.61. The molecule has 0 amide bonds. The number of hydrogen-bond donors (Lipinski definition) is 2. The Morgan fingerprint density at radius 1 is 1.11 bits per heavy atom. The van der Waals surface area contributed by atoms with Crippen molar-refractivity contribution in [2.45, 2.75) is 46.1 Å². The van der Waals surface area contributed by atoms with Gasteiger partial charge in [-0.05, 0) is 41.9 Å². The summed E-state index contributed by atoms with van der Waals surface area (Å²) in [6, 6.07) is 8.67. The van der Waals surface area contributed by atoms with Crippen molar-refractivity contribution in [2.75, 3.05) is 18.9 Å². The van der Waals surface area contributed by atoms with Crippen LogP contribution in [0.3, 0.4) is 0 Å². The molecule has 2 heteroatoms. The van der Waals surface area contributed by atoms with Crippen LogP contribution in [0.15, 0.2) is 24.3 Å². The largest absolute Gasteiger partial charge is 0.388 e. The maximum Gasteiger partial charge on any atom is 0.0337 e. The first-order chi connectivity index (χ1) is 9.12. The van der Waals surface area contributed by atoms with Crippen molar-refractivity contribution in [2.24, 2.45) is 11.3 Å². The second-order valence-electron chi connectivity index (χ2n) is 6.52. The van der Waals surface area contributed by atoms with Gasteiger partial charge < -0.3 is 10.6 Å². The Bertz CT molecular complexity index is 375. The van der Waals surface area contributed by atoms with E-state index in [1.54, 1.807) is 0 Å². The molecule has 0 saturated heterocycles. The topological polar surface area (TPSA) is 24.1 Å². The van der Waals surface area contributed by atoms with E-state index in [2.05, 4.69) is 48.7 Å². The van der Waals surface area contributed by atoms with E-state index in [0.29, 0.717) is 5.41 Å². The molecule has 0 unspecified atom stereocenters. The van der Waals surface area contributed by atoms with E-state index in [1.807, 2.05) is 7.05 Å². The fourth-order valence-corrected chi connectivity index (χ4v) is 3.17. The van der Waals surface area contributed by atoms with Crippen LogP contribution in [0.5, 0.6) is 0 Å². The standard InChI is InChI=1S/C17H28N2/c1-17(2,15-6-4-5-7-15)13-19-12-14-8-10-16(18-3)11-9-14/h8-11,15,18-19H,4-7,12-13H2,1-3H3. The zero-order chi connectivity index (χ0) is 13.7. The molecular weight excluding hydrogens is 232 g/mol. The molecule has 0 aromatic heterocycles. The van der Waals surface area contributed by atoms with Gasteiger partial charge in [0.25, 0.3) is 0 Å². The van der Waals surface area contributed by atoms with Crippen LogP contribution in [-0.2, 0) is 6.54 Å². The van der Waals surface area contributed by atoms with Crippen LogP contribution in [0.25, 0.3) is 0 Å². The van der Waals surface area contributed by atoms with Gasteiger partial charge in [0.2, 0.25) is 0 Å². The van der Waals surface area contributed by atoms with Crippen molar-refractivity contribution in [3.63, 3.8) is 0 Å². The predicted molar refractivity (Wildman–Crippen MR) is 83.4 cm³/mol. The molecule has 0 spiro atoms. The summed E-state index contributed by atoms with van der Waals surface area (Å²) in [5.41, 5.74) is 2.97. The van der Waals surface area contributed by atoms with Crippen molar-refractivity contribution in [1.29, 1.82) is 0 Å². The van der Waals surface area contributed by atoms with Gasteiger partial charge in [-0.3, -0.25) is 0 Å². The summed E-state index contributed by atoms with van der Waals surface area (Å²) in [6.07, 6.45) is 5.70. The normalized spacial score (nSPS) is 16.8. The lowest BCUT2D eigenvalue weighted by atomic mass is 9.77. The molecule has 0 atom stereocenters. The van der Waals surface area contributed by atoms with Gasteiger partial charge in [-0.2, -0.15) is 0 Å². The first kappa shape index (κ1) is 14.4. The minimum absolute atomic E-state index is 0.432. The van der Waals surface area contributed by atoms with E-state index in [4.69, 9.17) is 0 Å². The van der Waals surface area contributed by atoms with Crippen molar-refractivity contribution < 1.29 is 0 Å². The summed E-state index contributed by atoms with van der Waals surface area (Å²) < 4.78 is 0. The lowest BCUT2D eigenvalue weighted by Crippen LogP contribution is -2.34. The summed E-state index contributed by atoms with van der Waals surface area (Å²) in [5.74, 6) is 0.909. The van der Waals surface area contributed by atoms with E-state index in [1.165, 1.54) is 36.9 Å². The monoisotopic (exact) mass is 260 g/mol. The number of anilines is 1. The van der Waals surface area contributed by atoms with Crippen LogP contribution in [0.4, 0.5) is 5.69 Å². The smallest absolute Gasteiger partial charge is 0.0337 e. The second kappa shape index (κ2) is 6.42. The quantitative estimate of drug-likeness (QED) is 0.807. The predicted octanol–water partition coefficient (Wildman–Crippen LogP) is 4.03. The summed E-state index contributed by atoms with van der Waals surface area (Å²) in [4.78, 5) is 0. The summed E-state index contributed by atoms with van der Waals surface area (Å²) >= 11 is 0. The van der Waals surface area contributed by atoms with Gasteiger partial charge in [-0.25, -0.2) is 0 Å². The SMILES string of the molecule is CNc1ccc(CNCC(C)(C)C2CCCC2)cc1. The molecule has 2 rings (SSSR count). The maximum absolute atomic E-state index is 3.64. The van der Waals surface area contributed by atoms with Crippen molar-refractivity contribution in [3.8, 4) is 0 Å². The van der Waals surface area contributed by atoms with Gasteiger partial charge in [-0.15, -0.1) is 0 Å². The highest BCUT2D eigenvalue weighted by Crippen LogP contribution is 2.39. The molecule has 1 aliphatic rings. The molecule has 106 valence electrons. The minimum Gasteiger partial charge on any atom is -0.388 e. The molecular formula is C17H28N2. The Hall–Kier alpha value is -1.02. The van der Waals surface area contributed by atoms with Gasteiger partial charge in [0.15, 0.2) is 0 Å². The second-order valence-corrected chi connectivity index (χ2v) is 6.52. The molecule has 1 aliphatic carbocycles. The molecule has 2 N–H and O–H groups in total. The zero-order valence-electron chi connectivity index (χ0n) is 12.6. The highest BCUT2D eigenvalue weighted by Gasteiger charge is 2.31. The van der Waals surface area contributed by atoms with Crippen LogP contribution in [0.1, 0.15) is 45.1 Å². The van der Waals surface area contributed by atoms with Gasteiger partial charge in [-0.1, -0.05) is 38.8 Å². The van der Waals surface area contributed by atoms with Crippen molar-refractivity contribution in [1.82, 2.24) is 5.32 Å². The highest BCUT2D eigenvalue weighted by atomic mass is 14.9. The van der Waals surface area contributed by atoms with Crippen LogP contribution >= 0.6 is 0 Å². The number of hydrogen-bond acceptors (Lipinski definition) is 2. The Morgan fingerprint density at radius 2 is 1.74 bits per heavy atom. The molecule has 1 aromatic rings. The van der Waals surface area contributed by atoms with Crippen molar-refractivity contribution in [3.05, 3.63) is 29.8 Å². The van der Waals surface area contributed by atoms with E-state index in [-0.39, 0.29) is 0 Å². The van der Waals surface area contributed by atoms with Crippen LogP contribution in [0, 0.1) is 11.3 Å². The van der Waals surface area contributed by atoms with Gasteiger partial charge in [0.05, 0.1) is 0 Å². The minimum atomic E-state index is 0.432. The van der Waals surface area contributed by atoms with Crippen LogP contribution in [-0.4, -0.2) is 13.6 Å². The van der Waals surface area contributed by atoms with Gasteiger partial charge in [0.1, 0.15) is 0 Å². The molecule has 0 aliphatic heterocycles. The molecule has 1 fully saturated rings. The van der Waals surface area contributed by atoms with E-state index < -0.39 is 0 Å². The Balaban J connectivity index is 1.78. The van der Waals surface area contributed by atoms with Crippen LogP contribution < -0.4 is 10.6 Å². The maximum atomic E-state index is 3.64. The van der Waals surface area contributed by atoms with Crippen LogP contribution in [0.2, 0.25) is 0 Å². The fraction of sp³-hybridized carbons (Fsp3) is 0.647. The van der Waals surface area contributed by atoms with E-state index in [0.717, 1.165) is 19.0 Å². The third kappa shape index (κ3) is 3.97. The Kier molecular flexibility index (Phi) is 4.87.